The van der Waals surface area contributed by atoms with Crippen LogP contribution in [-0.2, 0) is 4.79 Å². The number of carbonyl (C=O) groups excluding carboxylic acids is 1. The van der Waals surface area contributed by atoms with Gasteiger partial charge < -0.3 is 9.80 Å². The van der Waals surface area contributed by atoms with E-state index >= 15 is 0 Å². The number of aromatic nitrogens is 4. The van der Waals surface area contributed by atoms with Crippen molar-refractivity contribution in [3.05, 3.63) is 85.6 Å². The number of carbonyl (C=O) groups is 1. The van der Waals surface area contributed by atoms with E-state index in [1.54, 1.807) is 35.4 Å². The standard InChI is InChI=1S/C29H29ClFN9O2/c1-16(2)24-26(17(3)9-10-33-24)40-28-20(13-21(30)25(35-28)19-7-5-6-8-22(19)31)27(36-29(40)42)39-12-11-38(15-18(39)4)23(41)14-34-37-32/h5-10,13,16,18H,11-12,14-15H2,1-4H3. The Balaban J connectivity index is 1.75. The summed E-state index contributed by atoms with van der Waals surface area (Å²) >= 11 is 6.75. The minimum atomic E-state index is -0.570. The van der Waals surface area contributed by atoms with Crippen LogP contribution in [0.3, 0.4) is 0 Å². The summed E-state index contributed by atoms with van der Waals surface area (Å²) in [5, 5.41) is 4.08. The maximum Gasteiger partial charge on any atom is 0.355 e. The monoisotopic (exact) mass is 589 g/mol. The Morgan fingerprint density at radius 1 is 1.24 bits per heavy atom. The molecule has 42 heavy (non-hydrogen) atoms. The first-order valence-corrected chi connectivity index (χ1v) is 13.9. The van der Waals surface area contributed by atoms with E-state index in [4.69, 9.17) is 22.1 Å². The number of halogens is 2. The molecule has 1 amide bonds. The van der Waals surface area contributed by atoms with Gasteiger partial charge in [-0.15, -0.1) is 0 Å². The third-order valence-corrected chi connectivity index (χ3v) is 7.66. The van der Waals surface area contributed by atoms with Crippen molar-refractivity contribution in [3.63, 3.8) is 0 Å². The first kappa shape index (κ1) is 29.0. The topological polar surface area (TPSA) is 133 Å². The molecule has 4 heterocycles. The van der Waals surface area contributed by atoms with Gasteiger partial charge in [0.2, 0.25) is 5.91 Å². The van der Waals surface area contributed by atoms with Crippen LogP contribution in [0.4, 0.5) is 10.2 Å². The van der Waals surface area contributed by atoms with Crippen molar-refractivity contribution in [2.75, 3.05) is 31.1 Å². The third kappa shape index (κ3) is 5.26. The highest BCUT2D eigenvalue weighted by Gasteiger charge is 2.31. The number of hydrogen-bond donors (Lipinski definition) is 0. The molecular weight excluding hydrogens is 561 g/mol. The molecule has 0 bridgehead atoms. The number of benzene rings is 1. The lowest BCUT2D eigenvalue weighted by Crippen LogP contribution is -2.54. The molecule has 0 N–H and O–H groups in total. The molecule has 1 aliphatic rings. The van der Waals surface area contributed by atoms with Crippen LogP contribution in [0.5, 0.6) is 0 Å². The predicted molar refractivity (Wildman–Crippen MR) is 160 cm³/mol. The predicted octanol–water partition coefficient (Wildman–Crippen LogP) is 5.41. The number of piperazine rings is 1. The van der Waals surface area contributed by atoms with Crippen LogP contribution in [0.15, 0.2) is 52.5 Å². The largest absolute Gasteiger partial charge is 0.355 e. The minimum Gasteiger partial charge on any atom is -0.350 e. The van der Waals surface area contributed by atoms with E-state index in [0.29, 0.717) is 42.2 Å². The summed E-state index contributed by atoms with van der Waals surface area (Å²) in [4.78, 5) is 46.6. The zero-order valence-electron chi connectivity index (χ0n) is 23.6. The van der Waals surface area contributed by atoms with Crippen molar-refractivity contribution in [1.29, 1.82) is 0 Å². The van der Waals surface area contributed by atoms with Crippen LogP contribution in [0.2, 0.25) is 5.02 Å². The Labute approximate surface area is 246 Å². The minimum absolute atomic E-state index is 0.0177. The second-order valence-electron chi connectivity index (χ2n) is 10.5. The van der Waals surface area contributed by atoms with E-state index in [0.717, 1.165) is 5.56 Å². The number of azide groups is 1. The average Bonchev–Trinajstić information content (AvgIpc) is 2.96. The SMILES string of the molecule is Cc1ccnc(C(C)C)c1-n1c(=O)nc(N2CCN(C(=O)CN=[N+]=[N-])CC2C)c2cc(Cl)c(-c3ccccc3F)nc21. The van der Waals surface area contributed by atoms with Gasteiger partial charge in [0.05, 0.1) is 27.5 Å². The molecule has 1 saturated heterocycles. The normalized spacial score (nSPS) is 15.3. The van der Waals surface area contributed by atoms with E-state index in [1.165, 1.54) is 10.6 Å². The molecule has 4 aromatic rings. The lowest BCUT2D eigenvalue weighted by molar-refractivity contribution is -0.130. The van der Waals surface area contributed by atoms with E-state index in [9.17, 15) is 14.0 Å². The Hall–Kier alpha value is -4.54. The number of pyridine rings is 2. The van der Waals surface area contributed by atoms with Crippen molar-refractivity contribution in [2.45, 2.75) is 39.7 Å². The Bertz CT molecular complexity index is 1800. The van der Waals surface area contributed by atoms with E-state index in [-0.39, 0.29) is 46.3 Å². The molecule has 1 fully saturated rings. The summed E-state index contributed by atoms with van der Waals surface area (Å²) in [7, 11) is 0. The molecule has 0 saturated carbocycles. The van der Waals surface area contributed by atoms with Gasteiger partial charge in [0.15, 0.2) is 5.65 Å². The fourth-order valence-electron chi connectivity index (χ4n) is 5.34. The van der Waals surface area contributed by atoms with E-state index in [2.05, 4.69) is 20.0 Å². The maximum absolute atomic E-state index is 14.9. The van der Waals surface area contributed by atoms with Crippen LogP contribution >= 0.6 is 11.6 Å². The van der Waals surface area contributed by atoms with Crippen molar-refractivity contribution >= 4 is 34.4 Å². The molecule has 3 aromatic heterocycles. The van der Waals surface area contributed by atoms with E-state index in [1.807, 2.05) is 38.7 Å². The van der Waals surface area contributed by atoms with Gasteiger partial charge in [0.1, 0.15) is 18.2 Å². The fraction of sp³-hybridized carbons (Fsp3) is 0.345. The quantitative estimate of drug-likeness (QED) is 0.168. The smallest absolute Gasteiger partial charge is 0.350 e. The Morgan fingerprint density at radius 3 is 2.69 bits per heavy atom. The number of fused-ring (bicyclic) bond motifs is 1. The molecule has 1 aromatic carbocycles. The molecule has 216 valence electrons. The van der Waals surface area contributed by atoms with E-state index < -0.39 is 11.5 Å². The summed E-state index contributed by atoms with van der Waals surface area (Å²) in [6, 6.07) is 9.43. The summed E-state index contributed by atoms with van der Waals surface area (Å²) in [6.45, 7) is 8.55. The number of nitrogens with zero attached hydrogens (tertiary/aromatic N) is 9. The number of aryl methyl sites for hydroxylation is 1. The van der Waals surface area contributed by atoms with Crippen molar-refractivity contribution in [2.24, 2.45) is 5.11 Å². The van der Waals surface area contributed by atoms with Gasteiger partial charge in [-0.05, 0) is 55.1 Å². The van der Waals surface area contributed by atoms with Gasteiger partial charge >= 0.3 is 5.69 Å². The van der Waals surface area contributed by atoms with Crippen molar-refractivity contribution < 1.29 is 9.18 Å². The second kappa shape index (κ2) is 11.8. The highest BCUT2D eigenvalue weighted by atomic mass is 35.5. The summed E-state index contributed by atoms with van der Waals surface area (Å²) < 4.78 is 16.4. The number of hydrogen-bond acceptors (Lipinski definition) is 7. The molecule has 1 atom stereocenters. The Kier molecular flexibility index (Phi) is 8.11. The van der Waals surface area contributed by atoms with Gasteiger partial charge in [0, 0.05) is 42.3 Å². The lowest BCUT2D eigenvalue weighted by Gasteiger charge is -2.40. The first-order chi connectivity index (χ1) is 20.1. The average molecular weight is 590 g/mol. The van der Waals surface area contributed by atoms with Gasteiger partial charge in [0.25, 0.3) is 0 Å². The molecule has 5 rings (SSSR count). The van der Waals surface area contributed by atoms with Crippen LogP contribution in [0, 0.1) is 12.7 Å². The van der Waals surface area contributed by atoms with Crippen molar-refractivity contribution in [3.8, 4) is 16.9 Å². The molecule has 0 aliphatic carbocycles. The van der Waals surface area contributed by atoms with Crippen LogP contribution in [0.1, 0.15) is 37.9 Å². The molecular formula is C29H29ClFN9O2. The van der Waals surface area contributed by atoms with Gasteiger partial charge in [-0.25, -0.2) is 18.7 Å². The van der Waals surface area contributed by atoms with Gasteiger partial charge in [-0.1, -0.05) is 42.7 Å². The third-order valence-electron chi connectivity index (χ3n) is 7.38. The molecule has 11 nitrogen and oxygen atoms in total. The maximum atomic E-state index is 14.9. The summed E-state index contributed by atoms with van der Waals surface area (Å²) in [5.41, 5.74) is 10.7. The molecule has 1 unspecified atom stereocenters. The number of rotatable bonds is 6. The number of amides is 1. The van der Waals surface area contributed by atoms with Crippen LogP contribution in [-0.4, -0.2) is 62.5 Å². The molecule has 13 heteroatoms. The van der Waals surface area contributed by atoms with Crippen LogP contribution < -0.4 is 10.6 Å². The zero-order chi connectivity index (χ0) is 30.1. The highest BCUT2D eigenvalue weighted by molar-refractivity contribution is 6.33. The van der Waals surface area contributed by atoms with Crippen molar-refractivity contribution in [1.82, 2.24) is 24.4 Å². The molecule has 0 radical (unpaired) electrons. The van der Waals surface area contributed by atoms with Gasteiger partial charge in [-0.3, -0.25) is 9.78 Å². The highest BCUT2D eigenvalue weighted by Crippen LogP contribution is 2.36. The molecule has 0 spiro atoms. The fourth-order valence-corrected chi connectivity index (χ4v) is 5.60. The van der Waals surface area contributed by atoms with Gasteiger partial charge in [-0.2, -0.15) is 4.98 Å². The second-order valence-corrected chi connectivity index (χ2v) is 10.9. The summed E-state index contributed by atoms with van der Waals surface area (Å²) in [5.74, 6) is -0.427. The summed E-state index contributed by atoms with van der Waals surface area (Å²) in [6.07, 6.45) is 1.70. The van der Waals surface area contributed by atoms with Crippen LogP contribution in [0.25, 0.3) is 38.4 Å². The Morgan fingerprint density at radius 2 is 2.00 bits per heavy atom. The first-order valence-electron chi connectivity index (χ1n) is 13.5. The number of anilines is 1. The lowest BCUT2D eigenvalue weighted by atomic mass is 10.0. The molecule has 1 aliphatic heterocycles. The zero-order valence-corrected chi connectivity index (χ0v) is 24.4.